The highest BCUT2D eigenvalue weighted by Crippen LogP contribution is 2.40. The van der Waals surface area contributed by atoms with E-state index in [4.69, 9.17) is 10.1 Å². The third-order valence-corrected chi connectivity index (χ3v) is 5.29. The minimum Gasteiger partial charge on any atom is -0.392 e. The van der Waals surface area contributed by atoms with Crippen molar-refractivity contribution in [3.63, 3.8) is 0 Å². The fourth-order valence-electron chi connectivity index (χ4n) is 3.70. The Morgan fingerprint density at radius 1 is 1.26 bits per heavy atom. The Kier molecular flexibility index (Phi) is 4.21. The molecule has 3 aromatic rings. The van der Waals surface area contributed by atoms with Gasteiger partial charge in [0.05, 0.1) is 24.2 Å². The number of aliphatic hydroxyl groups is 1. The van der Waals surface area contributed by atoms with Gasteiger partial charge in [-0.1, -0.05) is 0 Å². The first kappa shape index (κ1) is 16.6. The molecule has 0 bridgehead atoms. The van der Waals surface area contributed by atoms with Crippen LogP contribution in [0.25, 0.3) is 17.0 Å². The molecule has 140 valence electrons. The van der Waals surface area contributed by atoms with Gasteiger partial charge in [-0.25, -0.2) is 19.5 Å². The Balaban J connectivity index is 1.49. The normalized spacial score (nSPS) is 20.1. The van der Waals surface area contributed by atoms with Crippen molar-refractivity contribution in [1.29, 1.82) is 0 Å². The number of nitrogens with one attached hydrogen (secondary N) is 2. The van der Waals surface area contributed by atoms with Crippen LogP contribution in [0.4, 0.5) is 5.95 Å². The fourth-order valence-corrected chi connectivity index (χ4v) is 3.70. The number of aromatic nitrogens is 5. The third-order valence-electron chi connectivity index (χ3n) is 5.29. The minimum atomic E-state index is -0.00543. The highest BCUT2D eigenvalue weighted by molar-refractivity contribution is 5.60. The molecule has 0 unspecified atom stereocenters. The number of imidazole rings is 1. The molecule has 1 aliphatic heterocycles. The minimum absolute atomic E-state index is 0.00543. The summed E-state index contributed by atoms with van der Waals surface area (Å²) in [4.78, 5) is 13.5. The van der Waals surface area contributed by atoms with E-state index in [0.717, 1.165) is 67.1 Å². The number of aliphatic hydroxyl groups excluding tert-OH is 1. The zero-order valence-electron chi connectivity index (χ0n) is 15.1. The van der Waals surface area contributed by atoms with Crippen molar-refractivity contribution >= 4 is 11.6 Å². The van der Waals surface area contributed by atoms with E-state index in [1.54, 1.807) is 12.4 Å². The molecule has 0 amide bonds. The van der Waals surface area contributed by atoms with Crippen LogP contribution in [0.2, 0.25) is 0 Å². The Bertz CT molecular complexity index is 960. The van der Waals surface area contributed by atoms with Crippen LogP contribution < -0.4 is 10.6 Å². The van der Waals surface area contributed by atoms with Crippen molar-refractivity contribution in [1.82, 2.24) is 29.9 Å². The summed E-state index contributed by atoms with van der Waals surface area (Å²) in [5.41, 5.74) is 4.20. The van der Waals surface area contributed by atoms with Crippen molar-refractivity contribution in [3.8, 4) is 11.4 Å². The summed E-state index contributed by atoms with van der Waals surface area (Å²) < 4.78 is 1.83. The standard InChI is InChI=1S/C19H23N7O/c27-11-13-8-17-22-10-16(26(17)25-18(13)12-3-4-12)15-5-7-21-19(24-15)23-14-2-1-6-20-9-14/h5,7-8,10,12,14,20,27H,1-4,6,9,11H2,(H,21,23,24)/t14-/m1/s1. The van der Waals surface area contributed by atoms with Crippen LogP contribution in [0, 0.1) is 0 Å². The first-order valence-electron chi connectivity index (χ1n) is 9.61. The van der Waals surface area contributed by atoms with E-state index < -0.39 is 0 Å². The molecule has 0 spiro atoms. The molecule has 0 radical (unpaired) electrons. The van der Waals surface area contributed by atoms with E-state index in [9.17, 15) is 5.11 Å². The lowest BCUT2D eigenvalue weighted by atomic mass is 10.1. The van der Waals surface area contributed by atoms with E-state index in [2.05, 4.69) is 20.6 Å². The molecule has 2 fully saturated rings. The van der Waals surface area contributed by atoms with Gasteiger partial charge in [0, 0.05) is 30.3 Å². The van der Waals surface area contributed by atoms with Gasteiger partial charge in [-0.15, -0.1) is 0 Å². The summed E-state index contributed by atoms with van der Waals surface area (Å²) in [7, 11) is 0. The zero-order chi connectivity index (χ0) is 18.2. The Hall–Kier alpha value is -2.58. The number of hydrogen-bond donors (Lipinski definition) is 3. The molecule has 1 saturated heterocycles. The molecule has 1 saturated carbocycles. The highest BCUT2D eigenvalue weighted by Gasteiger charge is 2.28. The van der Waals surface area contributed by atoms with Crippen LogP contribution in [0.1, 0.15) is 42.9 Å². The molecule has 2 aliphatic rings. The highest BCUT2D eigenvalue weighted by atomic mass is 16.3. The maximum Gasteiger partial charge on any atom is 0.223 e. The topological polar surface area (TPSA) is 100 Å². The average Bonchev–Trinajstić information content (AvgIpc) is 3.47. The number of piperidine rings is 1. The van der Waals surface area contributed by atoms with Gasteiger partial charge in [0.1, 0.15) is 5.69 Å². The lowest BCUT2D eigenvalue weighted by Crippen LogP contribution is -2.38. The van der Waals surface area contributed by atoms with Gasteiger partial charge in [-0.2, -0.15) is 5.10 Å². The molecule has 3 aromatic heterocycles. The van der Waals surface area contributed by atoms with Gasteiger partial charge in [0.25, 0.3) is 0 Å². The summed E-state index contributed by atoms with van der Waals surface area (Å²) in [5, 5.41) is 21.3. The summed E-state index contributed by atoms with van der Waals surface area (Å²) in [6.07, 6.45) is 8.09. The molecule has 3 N–H and O–H groups in total. The summed E-state index contributed by atoms with van der Waals surface area (Å²) in [6.45, 7) is 2.00. The molecule has 4 heterocycles. The number of anilines is 1. The quantitative estimate of drug-likeness (QED) is 0.633. The fraction of sp³-hybridized carbons (Fsp3) is 0.474. The van der Waals surface area contributed by atoms with Gasteiger partial charge in [-0.05, 0) is 44.4 Å². The third kappa shape index (κ3) is 3.26. The van der Waals surface area contributed by atoms with Gasteiger partial charge in [-0.3, -0.25) is 0 Å². The first-order chi connectivity index (χ1) is 13.3. The maximum absolute atomic E-state index is 9.66. The first-order valence-corrected chi connectivity index (χ1v) is 9.61. The van der Waals surface area contributed by atoms with Crippen molar-refractivity contribution in [2.45, 2.75) is 44.2 Å². The summed E-state index contributed by atoms with van der Waals surface area (Å²) >= 11 is 0. The molecule has 1 aliphatic carbocycles. The van der Waals surface area contributed by atoms with Gasteiger partial charge >= 0.3 is 0 Å². The summed E-state index contributed by atoms with van der Waals surface area (Å²) in [5.74, 6) is 1.08. The number of nitrogens with zero attached hydrogens (tertiary/aromatic N) is 5. The van der Waals surface area contributed by atoms with Crippen molar-refractivity contribution in [2.24, 2.45) is 0 Å². The largest absolute Gasteiger partial charge is 0.392 e. The van der Waals surface area contributed by atoms with Gasteiger partial charge in [0.15, 0.2) is 5.65 Å². The van der Waals surface area contributed by atoms with Gasteiger partial charge < -0.3 is 15.7 Å². The molecule has 0 aromatic carbocycles. The predicted octanol–water partition coefficient (Wildman–Crippen LogP) is 1.72. The molecule has 5 rings (SSSR count). The molecule has 8 heteroatoms. The number of rotatable bonds is 5. The van der Waals surface area contributed by atoms with Crippen molar-refractivity contribution in [3.05, 3.63) is 35.8 Å². The molecular formula is C19H23N7O. The van der Waals surface area contributed by atoms with Crippen LogP contribution in [0.15, 0.2) is 24.5 Å². The van der Waals surface area contributed by atoms with E-state index in [1.165, 1.54) is 0 Å². The van der Waals surface area contributed by atoms with Crippen LogP contribution >= 0.6 is 0 Å². The number of hydrogen-bond acceptors (Lipinski definition) is 7. The zero-order valence-corrected chi connectivity index (χ0v) is 15.1. The van der Waals surface area contributed by atoms with Crippen molar-refractivity contribution in [2.75, 3.05) is 18.4 Å². The van der Waals surface area contributed by atoms with E-state index >= 15 is 0 Å². The van der Waals surface area contributed by atoms with Crippen molar-refractivity contribution < 1.29 is 5.11 Å². The average molecular weight is 365 g/mol. The van der Waals surface area contributed by atoms with E-state index in [-0.39, 0.29) is 6.61 Å². The lowest BCUT2D eigenvalue weighted by Gasteiger charge is -2.23. The Morgan fingerprint density at radius 3 is 2.96 bits per heavy atom. The van der Waals surface area contributed by atoms with E-state index in [1.807, 2.05) is 16.6 Å². The second-order valence-electron chi connectivity index (χ2n) is 7.35. The number of fused-ring (bicyclic) bond motifs is 1. The SMILES string of the molecule is OCc1cc2ncc(-c3ccnc(N[C@@H]4CCCNC4)n3)n2nc1C1CC1. The molecular weight excluding hydrogens is 342 g/mol. The van der Waals surface area contributed by atoms with Crippen LogP contribution in [-0.4, -0.2) is 48.8 Å². The molecule has 1 atom stereocenters. The smallest absolute Gasteiger partial charge is 0.223 e. The predicted molar refractivity (Wildman–Crippen MR) is 101 cm³/mol. The second kappa shape index (κ2) is 6.86. The van der Waals surface area contributed by atoms with Crippen LogP contribution in [-0.2, 0) is 6.61 Å². The van der Waals surface area contributed by atoms with Crippen LogP contribution in [0.5, 0.6) is 0 Å². The van der Waals surface area contributed by atoms with Gasteiger partial charge in [0.2, 0.25) is 5.95 Å². The Labute approximate surface area is 157 Å². The second-order valence-corrected chi connectivity index (χ2v) is 7.35. The molecule has 8 nitrogen and oxygen atoms in total. The lowest BCUT2D eigenvalue weighted by molar-refractivity contribution is 0.279. The molecule has 27 heavy (non-hydrogen) atoms. The maximum atomic E-state index is 9.66. The van der Waals surface area contributed by atoms with E-state index in [0.29, 0.717) is 17.9 Å². The van der Waals surface area contributed by atoms with Crippen LogP contribution in [0.3, 0.4) is 0 Å². The monoisotopic (exact) mass is 365 g/mol. The Morgan fingerprint density at radius 2 is 2.19 bits per heavy atom. The summed E-state index contributed by atoms with van der Waals surface area (Å²) in [6, 6.07) is 4.16.